The van der Waals surface area contributed by atoms with Crippen molar-refractivity contribution in [3.8, 4) is 0 Å². The van der Waals surface area contributed by atoms with Gasteiger partial charge in [-0.3, -0.25) is 9.69 Å². The third kappa shape index (κ3) is 3.48. The number of nitrogens with zero attached hydrogens (tertiary/aromatic N) is 1. The lowest BCUT2D eigenvalue weighted by molar-refractivity contribution is -0.141. The highest BCUT2D eigenvalue weighted by molar-refractivity contribution is 8.23. The van der Waals surface area contributed by atoms with Crippen LogP contribution in [0.5, 0.6) is 0 Å². The van der Waals surface area contributed by atoms with Crippen molar-refractivity contribution in [1.82, 2.24) is 4.90 Å². The maximum absolute atomic E-state index is 12.6. The molecule has 1 amide bonds. The van der Waals surface area contributed by atoms with Crippen LogP contribution in [0.15, 0.2) is 11.6 Å². The smallest absolute Gasteiger partial charge is 0.331 e. The summed E-state index contributed by atoms with van der Waals surface area (Å²) in [5, 5.41) is 0. The van der Waals surface area contributed by atoms with Crippen molar-refractivity contribution in [2.75, 3.05) is 5.75 Å². The molecule has 2 atom stereocenters. The molecule has 0 aromatic heterocycles. The number of thioether (sulfide) groups is 1. The Morgan fingerprint density at radius 3 is 2.71 bits per heavy atom. The fraction of sp³-hybridized carbons (Fsp3) is 0.667. The van der Waals surface area contributed by atoms with Gasteiger partial charge in [0.1, 0.15) is 10.4 Å². The summed E-state index contributed by atoms with van der Waals surface area (Å²) in [6, 6.07) is 0.138. The quantitative estimate of drug-likeness (QED) is 0.587. The summed E-state index contributed by atoms with van der Waals surface area (Å²) in [5.41, 5.74) is 0.896. The molecule has 4 nitrogen and oxygen atoms in total. The van der Waals surface area contributed by atoms with Gasteiger partial charge in [-0.2, -0.15) is 0 Å². The van der Waals surface area contributed by atoms with Crippen molar-refractivity contribution in [3.63, 3.8) is 0 Å². The molecule has 1 fully saturated rings. The lowest BCUT2D eigenvalue weighted by Crippen LogP contribution is -2.43. The summed E-state index contributed by atoms with van der Waals surface area (Å²) in [7, 11) is 0. The largest absolute Gasteiger partial charge is 0.454 e. The number of hydrogen-bond donors (Lipinski definition) is 0. The first kappa shape index (κ1) is 16.5. The molecule has 1 saturated heterocycles. The van der Waals surface area contributed by atoms with Crippen molar-refractivity contribution < 1.29 is 14.3 Å². The summed E-state index contributed by atoms with van der Waals surface area (Å²) < 4.78 is 5.90. The molecule has 2 rings (SSSR count). The van der Waals surface area contributed by atoms with Crippen LogP contribution in [0, 0.1) is 11.8 Å². The van der Waals surface area contributed by atoms with Crippen LogP contribution in [0.25, 0.3) is 0 Å². The van der Waals surface area contributed by atoms with Gasteiger partial charge >= 0.3 is 5.97 Å². The van der Waals surface area contributed by atoms with Gasteiger partial charge in [0.15, 0.2) is 0 Å². The number of esters is 1. The second-order valence-corrected chi connectivity index (χ2v) is 7.73. The van der Waals surface area contributed by atoms with Gasteiger partial charge in [-0.1, -0.05) is 51.7 Å². The SMILES string of the molecule is CC(C)C1=CC(=O)O[C@@H]1CC(=O)N1C(=S)SC[C@@H]1C(C)C. The van der Waals surface area contributed by atoms with E-state index in [-0.39, 0.29) is 30.3 Å². The molecule has 2 aliphatic heterocycles. The van der Waals surface area contributed by atoms with Crippen LogP contribution in [0.2, 0.25) is 0 Å². The summed E-state index contributed by atoms with van der Waals surface area (Å²) in [6.45, 7) is 8.18. The fourth-order valence-electron chi connectivity index (χ4n) is 2.64. The number of rotatable bonds is 4. The van der Waals surface area contributed by atoms with E-state index in [0.717, 1.165) is 11.3 Å². The minimum atomic E-state index is -0.439. The van der Waals surface area contributed by atoms with E-state index in [9.17, 15) is 9.59 Å². The van der Waals surface area contributed by atoms with E-state index in [1.165, 1.54) is 6.08 Å². The zero-order valence-electron chi connectivity index (χ0n) is 12.8. The van der Waals surface area contributed by atoms with Gasteiger partial charge in [-0.25, -0.2) is 4.79 Å². The van der Waals surface area contributed by atoms with Crippen LogP contribution in [-0.2, 0) is 14.3 Å². The van der Waals surface area contributed by atoms with Gasteiger partial charge in [0.25, 0.3) is 0 Å². The number of hydrogen-bond acceptors (Lipinski definition) is 5. The summed E-state index contributed by atoms with van der Waals surface area (Å²) in [4.78, 5) is 25.8. The highest BCUT2D eigenvalue weighted by atomic mass is 32.2. The molecule has 6 heteroatoms. The lowest BCUT2D eigenvalue weighted by atomic mass is 9.96. The lowest BCUT2D eigenvalue weighted by Gasteiger charge is -2.28. The maximum atomic E-state index is 12.6. The first-order valence-corrected chi connectivity index (χ1v) is 8.61. The Kier molecular flexibility index (Phi) is 5.09. The van der Waals surface area contributed by atoms with Gasteiger partial charge in [-0.05, 0) is 17.4 Å². The van der Waals surface area contributed by atoms with Gasteiger partial charge < -0.3 is 4.74 Å². The standard InChI is InChI=1S/C15H21NO3S2/c1-8(2)10-5-14(18)19-12(10)6-13(17)16-11(9(3)4)7-21-15(16)20/h5,8-9,11-12H,6-7H2,1-4H3/t11-,12-/m1/s1. The molecule has 0 spiro atoms. The average molecular weight is 327 g/mol. The second kappa shape index (κ2) is 6.48. The Bertz CT molecular complexity index is 499. The molecule has 0 radical (unpaired) electrons. The zero-order valence-corrected chi connectivity index (χ0v) is 14.4. The number of cyclic esters (lactones) is 1. The van der Waals surface area contributed by atoms with Crippen LogP contribution in [0.4, 0.5) is 0 Å². The predicted octanol–water partition coefficient (Wildman–Crippen LogP) is 2.77. The number of amides is 1. The molecule has 0 N–H and O–H groups in total. The van der Waals surface area contributed by atoms with Gasteiger partial charge in [0.05, 0.1) is 6.42 Å². The van der Waals surface area contributed by atoms with Gasteiger partial charge in [-0.15, -0.1) is 0 Å². The van der Waals surface area contributed by atoms with Crippen molar-refractivity contribution in [1.29, 1.82) is 0 Å². The van der Waals surface area contributed by atoms with Crippen molar-refractivity contribution in [3.05, 3.63) is 11.6 Å². The van der Waals surface area contributed by atoms with Crippen molar-refractivity contribution in [2.24, 2.45) is 11.8 Å². The molecule has 0 aromatic carbocycles. The van der Waals surface area contributed by atoms with Crippen LogP contribution >= 0.6 is 24.0 Å². The molecule has 116 valence electrons. The monoisotopic (exact) mass is 327 g/mol. The van der Waals surface area contributed by atoms with E-state index in [1.807, 2.05) is 13.8 Å². The van der Waals surface area contributed by atoms with E-state index >= 15 is 0 Å². The number of carbonyl (C=O) groups is 2. The van der Waals surface area contributed by atoms with E-state index in [0.29, 0.717) is 10.2 Å². The van der Waals surface area contributed by atoms with Gasteiger partial charge in [0, 0.05) is 17.9 Å². The number of thiocarbonyl (C=S) groups is 1. The first-order chi connectivity index (χ1) is 9.81. The molecule has 2 aliphatic rings. The third-order valence-electron chi connectivity index (χ3n) is 3.89. The van der Waals surface area contributed by atoms with E-state index in [1.54, 1.807) is 16.7 Å². The fourth-order valence-corrected chi connectivity index (χ4v) is 4.30. The average Bonchev–Trinajstić information content (AvgIpc) is 2.92. The molecule has 0 saturated carbocycles. The molecular weight excluding hydrogens is 306 g/mol. The molecule has 21 heavy (non-hydrogen) atoms. The Balaban J connectivity index is 2.09. The maximum Gasteiger partial charge on any atom is 0.331 e. The highest BCUT2D eigenvalue weighted by Gasteiger charge is 2.38. The molecule has 0 unspecified atom stereocenters. The van der Waals surface area contributed by atoms with Crippen LogP contribution < -0.4 is 0 Å². The first-order valence-electron chi connectivity index (χ1n) is 7.22. The van der Waals surface area contributed by atoms with Crippen molar-refractivity contribution >= 4 is 40.2 Å². The molecule has 0 bridgehead atoms. The molecule has 0 aromatic rings. The van der Waals surface area contributed by atoms with Crippen LogP contribution in [0.1, 0.15) is 34.1 Å². The van der Waals surface area contributed by atoms with Crippen LogP contribution in [-0.4, -0.2) is 39.0 Å². The van der Waals surface area contributed by atoms with E-state index in [2.05, 4.69) is 13.8 Å². The second-order valence-electron chi connectivity index (χ2n) is 6.08. The highest BCUT2D eigenvalue weighted by Crippen LogP contribution is 2.32. The molecule has 0 aliphatic carbocycles. The molecule has 2 heterocycles. The van der Waals surface area contributed by atoms with Crippen LogP contribution in [0.3, 0.4) is 0 Å². The summed E-state index contributed by atoms with van der Waals surface area (Å²) in [5.74, 6) is 0.993. The predicted molar refractivity (Wildman–Crippen MR) is 87.9 cm³/mol. The van der Waals surface area contributed by atoms with Crippen molar-refractivity contribution in [2.45, 2.75) is 46.3 Å². The van der Waals surface area contributed by atoms with E-state index in [4.69, 9.17) is 17.0 Å². The number of ether oxygens (including phenoxy) is 1. The van der Waals surface area contributed by atoms with Gasteiger partial charge in [0.2, 0.25) is 5.91 Å². The topological polar surface area (TPSA) is 46.6 Å². The Morgan fingerprint density at radius 1 is 1.48 bits per heavy atom. The zero-order chi connectivity index (χ0) is 15.7. The third-order valence-corrected chi connectivity index (χ3v) is 5.39. The summed E-state index contributed by atoms with van der Waals surface area (Å²) >= 11 is 6.85. The summed E-state index contributed by atoms with van der Waals surface area (Å²) in [6.07, 6.45) is 1.26. The Morgan fingerprint density at radius 2 is 2.14 bits per heavy atom. The number of carbonyl (C=O) groups excluding carboxylic acids is 2. The normalized spacial score (nSPS) is 25.8. The Labute approximate surface area is 135 Å². The molecular formula is C15H21NO3S2. The van der Waals surface area contributed by atoms with E-state index < -0.39 is 6.10 Å². The minimum Gasteiger partial charge on any atom is -0.454 e. The minimum absolute atomic E-state index is 0.0463. The Hall–Kier alpha value is -0.880.